The Morgan fingerprint density at radius 1 is 1.24 bits per heavy atom. The fourth-order valence-electron chi connectivity index (χ4n) is 2.07. The lowest BCUT2D eigenvalue weighted by Crippen LogP contribution is -2.15. The highest BCUT2D eigenvalue weighted by molar-refractivity contribution is 5.96. The van der Waals surface area contributed by atoms with Gasteiger partial charge in [-0.05, 0) is 43.5 Å². The minimum Gasteiger partial charge on any atom is -0.386 e. The molecule has 0 amide bonds. The summed E-state index contributed by atoms with van der Waals surface area (Å²) in [5.74, 6) is -0.980. The van der Waals surface area contributed by atoms with Gasteiger partial charge in [-0.25, -0.2) is 4.98 Å². The van der Waals surface area contributed by atoms with E-state index >= 15 is 0 Å². The van der Waals surface area contributed by atoms with Gasteiger partial charge in [0.1, 0.15) is 0 Å². The van der Waals surface area contributed by atoms with E-state index in [0.29, 0.717) is 6.42 Å². The molecule has 0 saturated heterocycles. The smallest absolute Gasteiger partial charge is 0.223 e. The van der Waals surface area contributed by atoms with Crippen molar-refractivity contribution in [2.24, 2.45) is 0 Å². The zero-order valence-electron chi connectivity index (χ0n) is 12.1. The molecule has 0 saturated carbocycles. The Balaban J connectivity index is 2.00. The molecule has 1 aromatic heterocycles. The maximum Gasteiger partial charge on any atom is 0.223 e. The number of rotatable bonds is 5. The lowest BCUT2D eigenvalue weighted by Gasteiger charge is -2.17. The van der Waals surface area contributed by atoms with Crippen LogP contribution < -0.4 is 0 Å². The summed E-state index contributed by atoms with van der Waals surface area (Å²) >= 11 is 0. The van der Waals surface area contributed by atoms with Gasteiger partial charge in [0.05, 0.1) is 11.2 Å². The first kappa shape index (κ1) is 15.3. The summed E-state index contributed by atoms with van der Waals surface area (Å²) in [6.45, 7) is 3.44. The number of aromatic nitrogens is 1. The molecule has 0 fully saturated rings. The van der Waals surface area contributed by atoms with E-state index in [1.54, 1.807) is 19.9 Å². The third-order valence-electron chi connectivity index (χ3n) is 3.36. The van der Waals surface area contributed by atoms with Gasteiger partial charge in [0, 0.05) is 12.6 Å². The lowest BCUT2D eigenvalue weighted by atomic mass is 9.96. The van der Waals surface area contributed by atoms with Crippen molar-refractivity contribution in [1.29, 1.82) is 0 Å². The van der Waals surface area contributed by atoms with Crippen LogP contribution in [0.5, 0.6) is 0 Å². The minimum atomic E-state index is -0.882. The summed E-state index contributed by atoms with van der Waals surface area (Å²) in [7, 11) is 0. The second-order valence-electron chi connectivity index (χ2n) is 5.52. The Hall–Kier alpha value is -2.07. The minimum absolute atomic E-state index is 0.0330. The molecule has 21 heavy (non-hydrogen) atoms. The van der Waals surface area contributed by atoms with Crippen LogP contribution in [0.1, 0.15) is 41.8 Å². The van der Waals surface area contributed by atoms with E-state index in [1.165, 1.54) is 12.3 Å². The van der Waals surface area contributed by atoms with Gasteiger partial charge >= 0.3 is 0 Å². The second kappa shape index (κ2) is 6.14. The highest BCUT2D eigenvalue weighted by atomic mass is 19.1. The highest BCUT2D eigenvalue weighted by Gasteiger charge is 2.16. The van der Waals surface area contributed by atoms with Gasteiger partial charge < -0.3 is 5.11 Å². The van der Waals surface area contributed by atoms with Crippen LogP contribution in [0.15, 0.2) is 42.6 Å². The van der Waals surface area contributed by atoms with E-state index in [0.717, 1.165) is 11.1 Å². The summed E-state index contributed by atoms with van der Waals surface area (Å²) in [6, 6.07) is 10.4. The first-order valence-corrected chi connectivity index (χ1v) is 6.83. The number of aryl methyl sites for hydroxylation is 1. The molecule has 0 spiro atoms. The van der Waals surface area contributed by atoms with Crippen molar-refractivity contribution >= 4 is 5.78 Å². The number of benzene rings is 1. The van der Waals surface area contributed by atoms with Gasteiger partial charge in [-0.3, -0.25) is 4.79 Å². The zero-order chi connectivity index (χ0) is 15.5. The van der Waals surface area contributed by atoms with Crippen molar-refractivity contribution in [2.75, 3.05) is 0 Å². The number of aliphatic hydroxyl groups is 1. The predicted molar refractivity (Wildman–Crippen MR) is 78.5 cm³/mol. The number of carbonyl (C=O) groups excluding carboxylic acids is 1. The number of hydrogen-bond donors (Lipinski definition) is 1. The van der Waals surface area contributed by atoms with Gasteiger partial charge in [-0.1, -0.05) is 24.3 Å². The molecule has 0 unspecified atom stereocenters. The molecule has 0 bridgehead atoms. The number of hydrogen-bond acceptors (Lipinski definition) is 3. The number of pyridine rings is 1. The SMILES string of the molecule is CC(C)(O)c1ccc(CCC(=O)c2cccnc2F)cc1. The first-order valence-electron chi connectivity index (χ1n) is 6.83. The van der Waals surface area contributed by atoms with Gasteiger partial charge in [0.25, 0.3) is 0 Å². The molecule has 0 radical (unpaired) electrons. The molecule has 3 nitrogen and oxygen atoms in total. The molecule has 1 heterocycles. The lowest BCUT2D eigenvalue weighted by molar-refractivity contribution is 0.0785. The Morgan fingerprint density at radius 3 is 2.48 bits per heavy atom. The number of Topliss-reactive ketones (excluding diaryl/α,β-unsaturated/α-hetero) is 1. The highest BCUT2D eigenvalue weighted by Crippen LogP contribution is 2.20. The third kappa shape index (κ3) is 3.95. The van der Waals surface area contributed by atoms with Crippen molar-refractivity contribution in [3.63, 3.8) is 0 Å². The summed E-state index contributed by atoms with van der Waals surface area (Å²) in [5.41, 5.74) is 0.940. The Morgan fingerprint density at radius 2 is 1.90 bits per heavy atom. The van der Waals surface area contributed by atoms with Crippen LogP contribution in [0.2, 0.25) is 0 Å². The molecule has 110 valence electrons. The molecule has 2 aromatic rings. The number of carbonyl (C=O) groups is 1. The van der Waals surface area contributed by atoms with Crippen molar-refractivity contribution in [3.8, 4) is 0 Å². The predicted octanol–water partition coefficient (Wildman–Crippen LogP) is 3.26. The Labute approximate surface area is 123 Å². The van der Waals surface area contributed by atoms with E-state index in [1.807, 2.05) is 24.3 Å². The number of nitrogens with zero attached hydrogens (tertiary/aromatic N) is 1. The molecule has 0 aliphatic heterocycles. The first-order chi connectivity index (χ1) is 9.88. The summed E-state index contributed by atoms with van der Waals surface area (Å²) < 4.78 is 13.4. The normalized spacial score (nSPS) is 11.4. The van der Waals surface area contributed by atoms with Crippen molar-refractivity contribution in [3.05, 3.63) is 65.2 Å². The number of ketones is 1. The molecule has 0 atom stereocenters. The Kier molecular flexibility index (Phi) is 4.48. The Bertz CT molecular complexity index is 630. The molecule has 0 aliphatic carbocycles. The van der Waals surface area contributed by atoms with Gasteiger partial charge in [0.15, 0.2) is 5.78 Å². The van der Waals surface area contributed by atoms with E-state index in [4.69, 9.17) is 0 Å². The van der Waals surface area contributed by atoms with Crippen LogP contribution in [0.4, 0.5) is 4.39 Å². The second-order valence-corrected chi connectivity index (χ2v) is 5.52. The van der Waals surface area contributed by atoms with Gasteiger partial charge in [-0.2, -0.15) is 4.39 Å². The van der Waals surface area contributed by atoms with Gasteiger partial charge in [0.2, 0.25) is 5.95 Å². The summed E-state index contributed by atoms with van der Waals surface area (Å²) in [5, 5.41) is 9.87. The molecular weight excluding hydrogens is 269 g/mol. The largest absolute Gasteiger partial charge is 0.386 e. The molecular formula is C17H18FNO2. The van der Waals surface area contributed by atoms with Crippen molar-refractivity contribution < 1.29 is 14.3 Å². The fraction of sp³-hybridized carbons (Fsp3) is 0.294. The molecule has 1 N–H and O–H groups in total. The number of halogens is 1. The maximum absolute atomic E-state index is 13.4. The molecule has 4 heteroatoms. The topological polar surface area (TPSA) is 50.2 Å². The standard InChI is InChI=1S/C17H18FNO2/c1-17(2,21)13-8-5-12(6-9-13)7-10-15(20)14-4-3-11-19-16(14)18/h3-6,8-9,11,21H,7,10H2,1-2H3. The molecule has 1 aromatic carbocycles. The van der Waals surface area contributed by atoms with Crippen LogP contribution in [0.3, 0.4) is 0 Å². The van der Waals surface area contributed by atoms with E-state index in [-0.39, 0.29) is 17.8 Å². The average Bonchev–Trinajstić information content (AvgIpc) is 2.45. The molecule has 2 rings (SSSR count). The monoisotopic (exact) mass is 287 g/mol. The van der Waals surface area contributed by atoms with E-state index in [2.05, 4.69) is 4.98 Å². The van der Waals surface area contributed by atoms with Crippen LogP contribution in [0, 0.1) is 5.95 Å². The van der Waals surface area contributed by atoms with Crippen molar-refractivity contribution in [1.82, 2.24) is 4.98 Å². The summed E-state index contributed by atoms with van der Waals surface area (Å²) in [6.07, 6.45) is 2.07. The fourth-order valence-corrected chi connectivity index (χ4v) is 2.07. The quantitative estimate of drug-likeness (QED) is 0.678. The van der Waals surface area contributed by atoms with Crippen LogP contribution >= 0.6 is 0 Å². The van der Waals surface area contributed by atoms with Crippen LogP contribution in [-0.4, -0.2) is 15.9 Å². The van der Waals surface area contributed by atoms with Crippen LogP contribution in [-0.2, 0) is 12.0 Å². The van der Waals surface area contributed by atoms with Crippen LogP contribution in [0.25, 0.3) is 0 Å². The molecule has 0 aliphatic rings. The zero-order valence-corrected chi connectivity index (χ0v) is 12.1. The summed E-state index contributed by atoms with van der Waals surface area (Å²) in [4.78, 5) is 15.4. The maximum atomic E-state index is 13.4. The average molecular weight is 287 g/mol. The third-order valence-corrected chi connectivity index (χ3v) is 3.36. The van der Waals surface area contributed by atoms with Gasteiger partial charge in [-0.15, -0.1) is 0 Å². The van der Waals surface area contributed by atoms with E-state index < -0.39 is 11.5 Å². The van der Waals surface area contributed by atoms with E-state index in [9.17, 15) is 14.3 Å². The van der Waals surface area contributed by atoms with Crippen molar-refractivity contribution in [2.45, 2.75) is 32.3 Å².